The number of nitrogens with one attached hydrogen (secondary N) is 1. The molecule has 3 N–H and O–H groups in total. The molecule has 1 heterocycles. The number of ether oxygens (including phenoxy) is 1. The van der Waals surface area contributed by atoms with Crippen molar-refractivity contribution in [1.29, 1.82) is 0 Å². The number of para-hydroxylation sites is 1. The van der Waals surface area contributed by atoms with Crippen LogP contribution in [0.25, 0.3) is 0 Å². The first-order valence-corrected chi connectivity index (χ1v) is 13.4. The third kappa shape index (κ3) is 10.3. The Morgan fingerprint density at radius 1 is 0.907 bits per heavy atom. The Hall–Kier alpha value is -4.71. The number of nitrogens with zero attached hydrogens (tertiary/aromatic N) is 1. The quantitative estimate of drug-likeness (QED) is 0.292. The molecule has 3 aromatic rings. The van der Waals surface area contributed by atoms with E-state index in [1.807, 2.05) is 72.8 Å². The third-order valence-electron chi connectivity index (χ3n) is 6.56. The predicted octanol–water partition coefficient (Wildman–Crippen LogP) is 4.39. The van der Waals surface area contributed by atoms with Gasteiger partial charge in [0.2, 0.25) is 5.91 Å². The number of carboxylic acids is 2. The largest absolute Gasteiger partial charge is 0.490 e. The van der Waals surface area contributed by atoms with E-state index in [1.54, 1.807) is 12.1 Å². The van der Waals surface area contributed by atoms with Gasteiger partial charge in [0.25, 0.3) is 0 Å². The summed E-state index contributed by atoms with van der Waals surface area (Å²) in [4.78, 5) is 48.4. The van der Waals surface area contributed by atoms with Crippen molar-refractivity contribution in [2.45, 2.75) is 50.6 Å². The zero-order valence-corrected chi connectivity index (χ0v) is 23.0. The van der Waals surface area contributed by atoms with Gasteiger partial charge in [-0.15, -0.1) is 0 Å². The average Bonchev–Trinajstić information content (AvgIpc) is 3.11. The highest BCUT2D eigenvalue weighted by atomic mass is 19.4. The maximum absolute atomic E-state index is 13.5. The third-order valence-corrected chi connectivity index (χ3v) is 6.56. The van der Waals surface area contributed by atoms with E-state index in [4.69, 9.17) is 14.6 Å². The van der Waals surface area contributed by atoms with Gasteiger partial charge in [-0.1, -0.05) is 78.9 Å². The van der Waals surface area contributed by atoms with Crippen LogP contribution in [0.5, 0.6) is 0 Å². The lowest BCUT2D eigenvalue weighted by molar-refractivity contribution is -0.192. The summed E-state index contributed by atoms with van der Waals surface area (Å²) in [5.41, 5.74) is 3.46. The first kappa shape index (κ1) is 32.8. The van der Waals surface area contributed by atoms with E-state index in [0.29, 0.717) is 31.4 Å². The summed E-state index contributed by atoms with van der Waals surface area (Å²) in [6, 6.07) is 25.1. The molecule has 9 nitrogen and oxygen atoms in total. The normalized spacial score (nSPS) is 15.3. The summed E-state index contributed by atoms with van der Waals surface area (Å²) in [5.74, 6) is -4.65. The molecule has 1 aliphatic rings. The number of benzene rings is 3. The Morgan fingerprint density at radius 2 is 1.47 bits per heavy atom. The van der Waals surface area contributed by atoms with Crippen LogP contribution in [0.15, 0.2) is 84.9 Å². The van der Waals surface area contributed by atoms with Gasteiger partial charge in [0.15, 0.2) is 0 Å². The Morgan fingerprint density at radius 3 is 2.05 bits per heavy atom. The SMILES string of the molecule is O=C(O)C(F)(F)F.O=C(O)CN1C(=O)[C@@H](N[C@@H](CCc2ccccc2)C(=O)OCc2ccccc2)CCc2ccccc21. The van der Waals surface area contributed by atoms with E-state index in [2.05, 4.69) is 5.32 Å². The first-order chi connectivity index (χ1) is 20.5. The molecule has 1 amide bonds. The lowest BCUT2D eigenvalue weighted by Gasteiger charge is -2.27. The van der Waals surface area contributed by atoms with Gasteiger partial charge in [-0.05, 0) is 48.4 Å². The summed E-state index contributed by atoms with van der Waals surface area (Å²) in [6.45, 7) is -0.306. The Labute approximate surface area is 245 Å². The molecule has 3 aromatic carbocycles. The fourth-order valence-corrected chi connectivity index (χ4v) is 4.47. The molecule has 228 valence electrons. The molecule has 1 aliphatic heterocycles. The maximum Gasteiger partial charge on any atom is 0.490 e. The molecule has 0 fully saturated rings. The average molecular weight is 601 g/mol. The molecule has 0 saturated heterocycles. The molecule has 2 atom stereocenters. The number of rotatable bonds is 10. The standard InChI is InChI=1S/C29H30N2O5.C2HF3O2/c32-27(33)19-31-26-14-8-7-13-23(26)16-18-24(28(31)34)30-25(17-15-21-9-3-1-4-10-21)29(35)36-20-22-11-5-2-6-12-22;3-2(4,5)1(6)7/h1-14,24-25,30H,15-20H2,(H,32,33);(H,6,7)/t24-,25-;/m0./s1. The topological polar surface area (TPSA) is 133 Å². The molecule has 0 unspecified atom stereocenters. The highest BCUT2D eigenvalue weighted by Crippen LogP contribution is 2.27. The fraction of sp³-hybridized carbons (Fsp3) is 0.290. The van der Waals surface area contributed by atoms with Gasteiger partial charge >= 0.3 is 24.1 Å². The Bertz CT molecular complexity index is 1380. The summed E-state index contributed by atoms with van der Waals surface area (Å²) in [6.07, 6.45) is -2.99. The molecule has 0 aromatic heterocycles. The van der Waals surface area contributed by atoms with Crippen LogP contribution in [0.3, 0.4) is 0 Å². The zero-order valence-electron chi connectivity index (χ0n) is 23.0. The van der Waals surface area contributed by atoms with E-state index >= 15 is 0 Å². The van der Waals surface area contributed by atoms with Gasteiger partial charge in [0.1, 0.15) is 19.2 Å². The Balaban J connectivity index is 0.000000646. The summed E-state index contributed by atoms with van der Waals surface area (Å²) in [7, 11) is 0. The van der Waals surface area contributed by atoms with Gasteiger partial charge in [-0.25, -0.2) is 4.79 Å². The van der Waals surface area contributed by atoms with Crippen LogP contribution in [0.1, 0.15) is 29.5 Å². The summed E-state index contributed by atoms with van der Waals surface area (Å²) in [5, 5.41) is 19.8. The van der Waals surface area contributed by atoms with Gasteiger partial charge in [-0.3, -0.25) is 24.6 Å². The van der Waals surface area contributed by atoms with Crippen molar-refractivity contribution in [3.05, 3.63) is 102 Å². The molecule has 43 heavy (non-hydrogen) atoms. The highest BCUT2D eigenvalue weighted by Gasteiger charge is 2.38. The molecular formula is C31H31F3N2O7. The van der Waals surface area contributed by atoms with Crippen LogP contribution in [0.2, 0.25) is 0 Å². The molecule has 0 saturated carbocycles. The van der Waals surface area contributed by atoms with E-state index in [9.17, 15) is 32.7 Å². The van der Waals surface area contributed by atoms with Crippen molar-refractivity contribution in [2.75, 3.05) is 11.4 Å². The van der Waals surface area contributed by atoms with E-state index in [0.717, 1.165) is 16.7 Å². The second kappa shape index (κ2) is 15.5. The molecular weight excluding hydrogens is 569 g/mol. The number of alkyl halides is 3. The number of carbonyl (C=O) groups is 4. The van der Waals surface area contributed by atoms with Crippen molar-refractivity contribution in [3.8, 4) is 0 Å². The lowest BCUT2D eigenvalue weighted by atomic mass is 10.0. The maximum atomic E-state index is 13.5. The molecule has 4 rings (SSSR count). The Kier molecular flexibility index (Phi) is 11.8. The van der Waals surface area contributed by atoms with Crippen molar-refractivity contribution in [2.24, 2.45) is 0 Å². The van der Waals surface area contributed by atoms with Crippen LogP contribution in [-0.2, 0) is 43.4 Å². The van der Waals surface area contributed by atoms with Crippen molar-refractivity contribution < 1.29 is 47.3 Å². The number of hydrogen-bond donors (Lipinski definition) is 3. The van der Waals surface area contributed by atoms with Crippen LogP contribution < -0.4 is 10.2 Å². The van der Waals surface area contributed by atoms with Crippen molar-refractivity contribution >= 4 is 29.5 Å². The number of hydrogen-bond acceptors (Lipinski definition) is 6. The van der Waals surface area contributed by atoms with Gasteiger partial charge in [0, 0.05) is 5.69 Å². The molecule has 0 spiro atoms. The summed E-state index contributed by atoms with van der Waals surface area (Å²) >= 11 is 0. The second-order valence-electron chi connectivity index (χ2n) is 9.68. The minimum Gasteiger partial charge on any atom is -0.480 e. The van der Waals surface area contributed by atoms with Crippen molar-refractivity contribution in [3.63, 3.8) is 0 Å². The van der Waals surface area contributed by atoms with E-state index < -0.39 is 42.7 Å². The van der Waals surface area contributed by atoms with Crippen LogP contribution in [-0.4, -0.2) is 58.8 Å². The minimum absolute atomic E-state index is 0.137. The second-order valence-corrected chi connectivity index (χ2v) is 9.68. The smallest absolute Gasteiger partial charge is 0.480 e. The number of esters is 1. The number of halogens is 3. The monoisotopic (exact) mass is 600 g/mol. The van der Waals surface area contributed by atoms with E-state index in [1.165, 1.54) is 4.90 Å². The summed E-state index contributed by atoms with van der Waals surface area (Å²) < 4.78 is 37.4. The van der Waals surface area contributed by atoms with Crippen molar-refractivity contribution in [1.82, 2.24) is 5.32 Å². The molecule has 0 radical (unpaired) electrons. The highest BCUT2D eigenvalue weighted by molar-refractivity contribution is 6.02. The number of fused-ring (bicyclic) bond motifs is 1. The predicted molar refractivity (Wildman–Crippen MR) is 150 cm³/mol. The van der Waals surface area contributed by atoms with Crippen LogP contribution in [0.4, 0.5) is 18.9 Å². The number of carbonyl (C=O) groups excluding carboxylic acids is 2. The minimum atomic E-state index is -5.08. The molecule has 0 aliphatic carbocycles. The van der Waals surface area contributed by atoms with Crippen LogP contribution in [0, 0.1) is 0 Å². The number of carboxylic acid groups (broad SMARTS) is 2. The number of anilines is 1. The van der Waals surface area contributed by atoms with Gasteiger partial charge in [0.05, 0.1) is 6.04 Å². The first-order valence-electron chi connectivity index (χ1n) is 13.4. The lowest BCUT2D eigenvalue weighted by Crippen LogP contribution is -2.53. The fourth-order valence-electron chi connectivity index (χ4n) is 4.47. The van der Waals surface area contributed by atoms with Gasteiger partial charge in [-0.2, -0.15) is 13.2 Å². The van der Waals surface area contributed by atoms with Gasteiger partial charge < -0.3 is 14.9 Å². The molecule has 12 heteroatoms. The number of amides is 1. The van der Waals surface area contributed by atoms with E-state index in [-0.39, 0.29) is 12.5 Å². The number of aryl methyl sites for hydroxylation is 2. The molecule has 0 bridgehead atoms. The zero-order chi connectivity index (χ0) is 31.4. The van der Waals surface area contributed by atoms with Crippen LogP contribution >= 0.6 is 0 Å². The number of aliphatic carboxylic acids is 2.